The molecule has 2 aromatic carbocycles. The van der Waals surface area contributed by atoms with Crippen molar-refractivity contribution >= 4 is 46.7 Å². The number of benzene rings is 2. The third-order valence-corrected chi connectivity index (χ3v) is 5.04. The van der Waals surface area contributed by atoms with Crippen LogP contribution in [0.4, 0.5) is 5.69 Å². The van der Waals surface area contributed by atoms with Gasteiger partial charge in [0.2, 0.25) is 0 Å². The summed E-state index contributed by atoms with van der Waals surface area (Å²) in [5, 5.41) is 3.48. The van der Waals surface area contributed by atoms with Gasteiger partial charge in [-0.3, -0.25) is 4.79 Å². The molecule has 3 aromatic rings. The highest BCUT2D eigenvalue weighted by atomic mass is 35.5. The van der Waals surface area contributed by atoms with Crippen molar-refractivity contribution in [2.24, 2.45) is 0 Å². The van der Waals surface area contributed by atoms with Crippen molar-refractivity contribution in [3.8, 4) is 5.75 Å². The maximum absolute atomic E-state index is 12.8. The van der Waals surface area contributed by atoms with Crippen molar-refractivity contribution in [2.45, 2.75) is 46.5 Å². The average Bonchev–Trinajstić information content (AvgIpc) is 3.28. The molecule has 0 radical (unpaired) electrons. The lowest BCUT2D eigenvalue weighted by molar-refractivity contribution is 0.0377. The van der Waals surface area contributed by atoms with Crippen molar-refractivity contribution < 1.29 is 33.0 Å². The van der Waals surface area contributed by atoms with Crippen molar-refractivity contribution in [1.82, 2.24) is 0 Å². The molecule has 0 spiro atoms. The number of rotatable bonds is 9. The van der Waals surface area contributed by atoms with Crippen LogP contribution in [0.25, 0.3) is 0 Å². The smallest absolute Gasteiger partial charge is 0.338 e. The number of hydrogen-bond donors (Lipinski definition) is 1. The predicted octanol–water partition coefficient (Wildman–Crippen LogP) is 6.55. The van der Waals surface area contributed by atoms with Crippen LogP contribution < -0.4 is 10.1 Å². The van der Waals surface area contributed by atoms with Gasteiger partial charge in [-0.1, -0.05) is 23.2 Å². The Balaban J connectivity index is 1.76. The molecule has 10 heteroatoms. The number of nitrogens with one attached hydrogen (secondary N) is 1. The maximum Gasteiger partial charge on any atom is 0.338 e. The van der Waals surface area contributed by atoms with Crippen LogP contribution in [-0.2, 0) is 16.1 Å². The number of halogens is 2. The van der Waals surface area contributed by atoms with Gasteiger partial charge in [-0.05, 0) is 70.2 Å². The van der Waals surface area contributed by atoms with Gasteiger partial charge in [-0.15, -0.1) is 0 Å². The molecule has 0 saturated carbocycles. The molecular weight excluding hydrogens is 509 g/mol. The van der Waals surface area contributed by atoms with Crippen molar-refractivity contribution in [3.63, 3.8) is 0 Å². The van der Waals surface area contributed by atoms with E-state index in [0.717, 1.165) is 0 Å². The van der Waals surface area contributed by atoms with E-state index in [9.17, 15) is 14.4 Å². The summed E-state index contributed by atoms with van der Waals surface area (Å²) in [5.41, 5.74) is 0.363. The summed E-state index contributed by atoms with van der Waals surface area (Å²) in [5.74, 6) is -1.15. The summed E-state index contributed by atoms with van der Waals surface area (Å²) >= 11 is 12.0. The van der Waals surface area contributed by atoms with Crippen LogP contribution in [0.2, 0.25) is 10.0 Å². The normalized spacial score (nSPS) is 10.9. The molecule has 0 unspecified atom stereocenters. The van der Waals surface area contributed by atoms with Gasteiger partial charge in [0.1, 0.15) is 18.1 Å². The van der Waals surface area contributed by atoms with Crippen LogP contribution in [0.1, 0.15) is 64.7 Å². The fraction of sp³-hybridized carbons (Fsp3) is 0.269. The Morgan fingerprint density at radius 1 is 0.861 bits per heavy atom. The van der Waals surface area contributed by atoms with Gasteiger partial charge in [0.15, 0.2) is 5.76 Å². The molecule has 0 fully saturated rings. The first-order valence-corrected chi connectivity index (χ1v) is 11.8. The largest absolute Gasteiger partial charge is 0.484 e. The van der Waals surface area contributed by atoms with Crippen LogP contribution in [-0.4, -0.2) is 30.1 Å². The van der Waals surface area contributed by atoms with Gasteiger partial charge >= 0.3 is 11.9 Å². The summed E-state index contributed by atoms with van der Waals surface area (Å²) in [6.07, 6.45) is -0.736. The molecule has 0 aliphatic heterocycles. The zero-order chi connectivity index (χ0) is 26.4. The summed E-state index contributed by atoms with van der Waals surface area (Å²) < 4.78 is 21.6. The quantitative estimate of drug-likeness (QED) is 0.311. The Morgan fingerprint density at radius 3 is 2.06 bits per heavy atom. The summed E-state index contributed by atoms with van der Waals surface area (Å²) in [4.78, 5) is 37.7. The molecule has 8 nitrogen and oxygen atoms in total. The van der Waals surface area contributed by atoms with E-state index in [4.69, 9.17) is 41.8 Å². The van der Waals surface area contributed by atoms with Gasteiger partial charge in [0.05, 0.1) is 28.4 Å². The number of ether oxygens (including phenoxy) is 3. The molecule has 190 valence electrons. The lowest BCUT2D eigenvalue weighted by Crippen LogP contribution is -2.17. The molecule has 36 heavy (non-hydrogen) atoms. The number of carbonyl (C=O) groups is 3. The minimum Gasteiger partial charge on any atom is -0.484 e. The number of anilines is 1. The predicted molar refractivity (Wildman–Crippen MR) is 135 cm³/mol. The number of amides is 1. The third kappa shape index (κ3) is 7.50. The molecule has 1 heterocycles. The molecule has 0 atom stereocenters. The van der Waals surface area contributed by atoms with E-state index in [-0.39, 0.29) is 41.4 Å². The molecule has 0 aliphatic carbocycles. The first kappa shape index (κ1) is 27.1. The Kier molecular flexibility index (Phi) is 9.01. The van der Waals surface area contributed by atoms with Crippen LogP contribution >= 0.6 is 23.2 Å². The van der Waals surface area contributed by atoms with E-state index in [2.05, 4.69) is 5.32 Å². The van der Waals surface area contributed by atoms with Gasteiger partial charge in [-0.25, -0.2) is 9.59 Å². The summed E-state index contributed by atoms with van der Waals surface area (Å²) in [6, 6.07) is 12.0. The fourth-order valence-corrected chi connectivity index (χ4v) is 3.34. The number of hydrogen-bond acceptors (Lipinski definition) is 7. The minimum absolute atomic E-state index is 0.00717. The minimum atomic E-state index is -0.642. The second-order valence-electron chi connectivity index (χ2n) is 8.29. The van der Waals surface area contributed by atoms with Crippen molar-refractivity contribution in [2.75, 3.05) is 5.32 Å². The molecule has 0 saturated heterocycles. The van der Waals surface area contributed by atoms with Crippen LogP contribution in [0, 0.1) is 0 Å². The highest BCUT2D eigenvalue weighted by Gasteiger charge is 2.19. The zero-order valence-electron chi connectivity index (χ0n) is 20.1. The Morgan fingerprint density at radius 2 is 1.47 bits per heavy atom. The Hall–Kier alpha value is -3.49. The Bertz CT molecular complexity index is 1230. The second kappa shape index (κ2) is 12.0. The van der Waals surface area contributed by atoms with E-state index in [1.54, 1.807) is 52.0 Å². The SMILES string of the molecule is CC(C)OC(=O)c1cc(NC(=O)c2ccc(COc3cc(Cl)ccc3Cl)o2)cc(C(=O)OC(C)C)c1. The van der Waals surface area contributed by atoms with Crippen LogP contribution in [0.5, 0.6) is 5.75 Å². The highest BCUT2D eigenvalue weighted by molar-refractivity contribution is 6.34. The molecular formula is C26H25Cl2NO7. The van der Waals surface area contributed by atoms with Crippen LogP contribution in [0.15, 0.2) is 52.9 Å². The topological polar surface area (TPSA) is 104 Å². The van der Waals surface area contributed by atoms with E-state index in [0.29, 0.717) is 21.6 Å². The number of esters is 2. The van der Waals surface area contributed by atoms with Crippen molar-refractivity contribution in [3.05, 3.63) is 81.2 Å². The third-order valence-electron chi connectivity index (χ3n) is 4.50. The Labute approximate surface area is 218 Å². The van der Waals surface area contributed by atoms with E-state index in [1.165, 1.54) is 24.3 Å². The van der Waals surface area contributed by atoms with E-state index >= 15 is 0 Å². The number of carbonyl (C=O) groups excluding carboxylic acids is 3. The van der Waals surface area contributed by atoms with Gasteiger partial charge in [-0.2, -0.15) is 0 Å². The standard InChI is InChI=1S/C26H25Cl2NO7/c1-14(2)34-25(31)16-9-17(26(32)35-15(3)4)11-19(10-16)29-24(30)22-8-6-20(36-22)13-33-23-12-18(27)5-7-21(23)28/h5-12,14-15H,13H2,1-4H3,(H,29,30). The van der Waals surface area contributed by atoms with Gasteiger partial charge < -0.3 is 23.9 Å². The monoisotopic (exact) mass is 533 g/mol. The molecule has 3 rings (SSSR count). The first-order valence-electron chi connectivity index (χ1n) is 11.1. The fourth-order valence-electron chi connectivity index (χ4n) is 3.01. The van der Waals surface area contributed by atoms with Gasteiger partial charge in [0, 0.05) is 16.8 Å². The van der Waals surface area contributed by atoms with Crippen LogP contribution in [0.3, 0.4) is 0 Å². The first-order chi connectivity index (χ1) is 17.0. The molecule has 1 amide bonds. The summed E-state index contributed by atoms with van der Waals surface area (Å²) in [6.45, 7) is 6.83. The van der Waals surface area contributed by atoms with E-state index in [1.807, 2.05) is 0 Å². The molecule has 0 aliphatic rings. The summed E-state index contributed by atoms with van der Waals surface area (Å²) in [7, 11) is 0. The average molecular weight is 534 g/mol. The number of furan rings is 1. The lowest BCUT2D eigenvalue weighted by Gasteiger charge is -2.13. The lowest BCUT2D eigenvalue weighted by atomic mass is 10.1. The second-order valence-corrected chi connectivity index (χ2v) is 9.13. The van der Waals surface area contributed by atoms with E-state index < -0.39 is 17.8 Å². The van der Waals surface area contributed by atoms with Gasteiger partial charge in [0.25, 0.3) is 5.91 Å². The molecule has 0 bridgehead atoms. The highest BCUT2D eigenvalue weighted by Crippen LogP contribution is 2.28. The van der Waals surface area contributed by atoms with Crippen molar-refractivity contribution in [1.29, 1.82) is 0 Å². The molecule has 1 N–H and O–H groups in total. The maximum atomic E-state index is 12.8. The zero-order valence-corrected chi connectivity index (χ0v) is 21.6. The molecule has 1 aromatic heterocycles.